The van der Waals surface area contributed by atoms with E-state index in [-0.39, 0.29) is 18.9 Å². The first-order chi connectivity index (χ1) is 12.6. The number of fused-ring (bicyclic) bond motifs is 1. The van der Waals surface area contributed by atoms with Gasteiger partial charge in [-0.1, -0.05) is 18.2 Å². The van der Waals surface area contributed by atoms with Crippen LogP contribution in [-0.4, -0.2) is 23.0 Å². The van der Waals surface area contributed by atoms with Gasteiger partial charge in [-0.3, -0.25) is 9.59 Å². The van der Waals surface area contributed by atoms with Crippen molar-refractivity contribution < 1.29 is 14.3 Å². The van der Waals surface area contributed by atoms with E-state index in [0.29, 0.717) is 24.4 Å². The normalized spacial score (nSPS) is 10.6. The maximum absolute atomic E-state index is 12.2. The lowest BCUT2D eigenvalue weighted by molar-refractivity contribution is -0.118. The van der Waals surface area contributed by atoms with E-state index < -0.39 is 5.91 Å². The molecular formula is C20H21N3O3. The van der Waals surface area contributed by atoms with Crippen LogP contribution in [0.5, 0.6) is 5.75 Å². The Morgan fingerprint density at radius 2 is 1.77 bits per heavy atom. The fourth-order valence-corrected chi connectivity index (χ4v) is 2.69. The molecule has 6 nitrogen and oxygen atoms in total. The molecule has 6 heteroatoms. The largest absolute Gasteiger partial charge is 0.493 e. The second kappa shape index (κ2) is 8.20. The molecule has 0 bridgehead atoms. The third-order valence-electron chi connectivity index (χ3n) is 4.02. The fraction of sp³-hybridized carbons (Fsp3) is 0.200. The molecule has 2 amide bonds. The number of nitrogens with two attached hydrogens (primary N) is 1. The van der Waals surface area contributed by atoms with Gasteiger partial charge in [-0.05, 0) is 41.8 Å². The van der Waals surface area contributed by atoms with E-state index in [2.05, 4.69) is 16.0 Å². The second-order valence-corrected chi connectivity index (χ2v) is 5.96. The van der Waals surface area contributed by atoms with Crippen molar-refractivity contribution >= 4 is 28.4 Å². The second-order valence-electron chi connectivity index (χ2n) is 5.96. The van der Waals surface area contributed by atoms with Crippen molar-refractivity contribution in [1.82, 2.24) is 4.57 Å². The van der Waals surface area contributed by atoms with Crippen LogP contribution in [0.3, 0.4) is 0 Å². The molecule has 0 unspecified atom stereocenters. The van der Waals surface area contributed by atoms with Crippen LogP contribution in [-0.2, 0) is 16.1 Å². The first-order valence-corrected chi connectivity index (χ1v) is 8.47. The quantitative estimate of drug-likeness (QED) is 0.654. The van der Waals surface area contributed by atoms with Gasteiger partial charge in [-0.15, -0.1) is 0 Å². The van der Waals surface area contributed by atoms with Crippen LogP contribution >= 0.6 is 0 Å². The highest BCUT2D eigenvalue weighted by Crippen LogP contribution is 2.17. The van der Waals surface area contributed by atoms with Crippen LogP contribution < -0.4 is 15.8 Å². The number of hydrogen-bond donors (Lipinski definition) is 2. The summed E-state index contributed by atoms with van der Waals surface area (Å²) >= 11 is 0. The summed E-state index contributed by atoms with van der Waals surface area (Å²) in [6.07, 6.45) is 2.55. The number of aryl methyl sites for hydroxylation is 1. The highest BCUT2D eigenvalue weighted by molar-refractivity contribution is 5.90. The van der Waals surface area contributed by atoms with E-state index in [1.54, 1.807) is 24.3 Å². The van der Waals surface area contributed by atoms with Crippen molar-refractivity contribution in [1.29, 1.82) is 0 Å². The lowest BCUT2D eigenvalue weighted by Gasteiger charge is -2.09. The van der Waals surface area contributed by atoms with Gasteiger partial charge in [0.05, 0.1) is 13.0 Å². The van der Waals surface area contributed by atoms with Gasteiger partial charge in [0.1, 0.15) is 5.75 Å². The van der Waals surface area contributed by atoms with Crippen molar-refractivity contribution in [3.8, 4) is 5.75 Å². The van der Waals surface area contributed by atoms with Crippen LogP contribution in [0.4, 0.5) is 5.69 Å². The van der Waals surface area contributed by atoms with Crippen molar-refractivity contribution in [3.63, 3.8) is 0 Å². The van der Waals surface area contributed by atoms with E-state index >= 15 is 0 Å². The number of amides is 2. The van der Waals surface area contributed by atoms with Crippen molar-refractivity contribution in [2.24, 2.45) is 5.73 Å². The fourth-order valence-electron chi connectivity index (χ4n) is 2.69. The Kier molecular flexibility index (Phi) is 5.53. The minimum atomic E-state index is -0.399. The summed E-state index contributed by atoms with van der Waals surface area (Å²) in [7, 11) is 0. The molecule has 0 fully saturated rings. The van der Waals surface area contributed by atoms with Crippen LogP contribution in [0, 0.1) is 0 Å². The van der Waals surface area contributed by atoms with Gasteiger partial charge in [0, 0.05) is 30.4 Å². The molecule has 3 N–H and O–H groups in total. The zero-order valence-corrected chi connectivity index (χ0v) is 14.4. The topological polar surface area (TPSA) is 86.4 Å². The number of carbonyl (C=O) groups excluding carboxylic acids is 2. The predicted molar refractivity (Wildman–Crippen MR) is 101 cm³/mol. The zero-order valence-electron chi connectivity index (χ0n) is 14.4. The molecule has 2 aromatic carbocycles. The summed E-state index contributed by atoms with van der Waals surface area (Å²) in [6, 6.07) is 17.2. The molecule has 0 aliphatic carbocycles. The van der Waals surface area contributed by atoms with E-state index in [1.807, 2.05) is 30.5 Å². The van der Waals surface area contributed by atoms with Crippen molar-refractivity contribution in [2.75, 3.05) is 11.9 Å². The van der Waals surface area contributed by atoms with Gasteiger partial charge < -0.3 is 20.4 Å². The Bertz CT molecular complexity index is 900. The van der Waals surface area contributed by atoms with E-state index in [0.717, 1.165) is 5.52 Å². The molecule has 0 saturated heterocycles. The summed E-state index contributed by atoms with van der Waals surface area (Å²) in [5.74, 6) is 0.178. The average molecular weight is 351 g/mol. The molecule has 0 radical (unpaired) electrons. The summed E-state index contributed by atoms with van der Waals surface area (Å²) in [5, 5.41) is 4.04. The maximum atomic E-state index is 12.2. The molecule has 0 spiro atoms. The number of nitrogens with one attached hydrogen (secondary N) is 1. The van der Waals surface area contributed by atoms with Gasteiger partial charge in [0.2, 0.25) is 11.8 Å². The Balaban J connectivity index is 1.49. The number of para-hydroxylation sites is 1. The Morgan fingerprint density at radius 3 is 2.54 bits per heavy atom. The lowest BCUT2D eigenvalue weighted by atomic mass is 10.2. The first kappa shape index (κ1) is 17.5. The smallest absolute Gasteiger partial charge is 0.226 e. The number of rotatable bonds is 8. The number of nitrogens with zero attached hydrogens (tertiary/aromatic N) is 1. The third-order valence-corrected chi connectivity index (χ3v) is 4.02. The summed E-state index contributed by atoms with van der Waals surface area (Å²) < 4.78 is 7.47. The van der Waals surface area contributed by atoms with Crippen LogP contribution in [0.2, 0.25) is 0 Å². The highest BCUT2D eigenvalue weighted by atomic mass is 16.5. The molecule has 3 aromatic rings. The first-order valence-electron chi connectivity index (χ1n) is 8.47. The van der Waals surface area contributed by atoms with Crippen LogP contribution in [0.25, 0.3) is 10.9 Å². The number of carbonyl (C=O) groups is 2. The molecule has 134 valence electrons. The molecular weight excluding hydrogens is 330 g/mol. The van der Waals surface area contributed by atoms with Crippen molar-refractivity contribution in [3.05, 3.63) is 60.8 Å². The Hall–Kier alpha value is -3.28. The number of aromatic nitrogens is 1. The number of hydrogen-bond acceptors (Lipinski definition) is 3. The summed E-state index contributed by atoms with van der Waals surface area (Å²) in [6.45, 7) is 0.861. The monoisotopic (exact) mass is 351 g/mol. The predicted octanol–water partition coefficient (Wildman–Crippen LogP) is 2.92. The number of benzene rings is 2. The maximum Gasteiger partial charge on any atom is 0.226 e. The zero-order chi connectivity index (χ0) is 18.4. The van der Waals surface area contributed by atoms with Crippen LogP contribution in [0.15, 0.2) is 60.8 Å². The SMILES string of the molecule is NC(=O)CCOc1ccc(NC(=O)CCn2ccc3ccccc32)cc1. The third kappa shape index (κ3) is 4.63. The van der Waals surface area contributed by atoms with Gasteiger partial charge in [0.25, 0.3) is 0 Å². The standard InChI is InChI=1S/C20H21N3O3/c21-19(24)11-14-26-17-7-5-16(6-8-17)22-20(25)10-13-23-12-9-15-3-1-2-4-18(15)23/h1-9,12H,10-11,13-14H2,(H2,21,24)(H,22,25). The minimum absolute atomic E-state index is 0.0508. The number of ether oxygens (including phenoxy) is 1. The number of anilines is 1. The molecule has 0 saturated carbocycles. The van der Waals surface area contributed by atoms with Crippen LogP contribution in [0.1, 0.15) is 12.8 Å². The molecule has 1 aromatic heterocycles. The van der Waals surface area contributed by atoms with Gasteiger partial charge in [-0.25, -0.2) is 0 Å². The Morgan fingerprint density at radius 1 is 1.00 bits per heavy atom. The highest BCUT2D eigenvalue weighted by Gasteiger charge is 2.06. The molecule has 0 atom stereocenters. The van der Waals surface area contributed by atoms with Gasteiger partial charge >= 0.3 is 0 Å². The van der Waals surface area contributed by atoms with Gasteiger partial charge in [0.15, 0.2) is 0 Å². The van der Waals surface area contributed by atoms with Crippen molar-refractivity contribution in [2.45, 2.75) is 19.4 Å². The molecule has 0 aliphatic heterocycles. The number of primary amides is 1. The molecule has 26 heavy (non-hydrogen) atoms. The minimum Gasteiger partial charge on any atom is -0.493 e. The van der Waals surface area contributed by atoms with E-state index in [9.17, 15) is 9.59 Å². The summed E-state index contributed by atoms with van der Waals surface area (Å²) in [4.78, 5) is 22.8. The van der Waals surface area contributed by atoms with E-state index in [4.69, 9.17) is 10.5 Å². The summed E-state index contributed by atoms with van der Waals surface area (Å²) in [5.41, 5.74) is 6.89. The average Bonchev–Trinajstić information content (AvgIpc) is 3.04. The van der Waals surface area contributed by atoms with E-state index in [1.165, 1.54) is 5.39 Å². The Labute approximate surface area is 151 Å². The lowest BCUT2D eigenvalue weighted by Crippen LogP contribution is -2.15. The molecule has 0 aliphatic rings. The molecule has 1 heterocycles. The molecule has 3 rings (SSSR count). The van der Waals surface area contributed by atoms with Gasteiger partial charge in [-0.2, -0.15) is 0 Å².